The minimum absolute atomic E-state index is 0. The van der Waals surface area contributed by atoms with Crippen molar-refractivity contribution in [1.82, 2.24) is 10.6 Å². The summed E-state index contributed by atoms with van der Waals surface area (Å²) < 4.78 is 5.31. The molecule has 2 aliphatic heterocycles. The van der Waals surface area contributed by atoms with Gasteiger partial charge in [-0.3, -0.25) is 9.59 Å². The van der Waals surface area contributed by atoms with Crippen LogP contribution in [-0.2, 0) is 14.3 Å². The lowest BCUT2D eigenvalue weighted by atomic mass is 9.78. The van der Waals surface area contributed by atoms with Gasteiger partial charge in [-0.1, -0.05) is 17.7 Å². The van der Waals surface area contributed by atoms with E-state index in [9.17, 15) is 9.59 Å². The van der Waals surface area contributed by atoms with Gasteiger partial charge in [0.25, 0.3) is 0 Å². The van der Waals surface area contributed by atoms with E-state index in [1.54, 1.807) is 12.0 Å². The number of nitrogens with zero attached hydrogens (tertiary/aromatic N) is 1. The number of piperidine rings is 1. The second kappa shape index (κ2) is 8.84. The van der Waals surface area contributed by atoms with E-state index >= 15 is 0 Å². The van der Waals surface area contributed by atoms with Crippen LogP contribution in [0.15, 0.2) is 24.3 Å². The first-order valence-corrected chi connectivity index (χ1v) is 8.94. The number of nitrogens with one attached hydrogen (secondary N) is 2. The molecule has 1 unspecified atom stereocenters. The van der Waals surface area contributed by atoms with Crippen molar-refractivity contribution in [2.24, 2.45) is 5.41 Å². The van der Waals surface area contributed by atoms with E-state index in [1.807, 2.05) is 31.2 Å². The highest BCUT2D eigenvalue weighted by molar-refractivity contribution is 6.01. The van der Waals surface area contributed by atoms with Crippen LogP contribution in [0.3, 0.4) is 0 Å². The maximum atomic E-state index is 12.9. The lowest BCUT2D eigenvalue weighted by molar-refractivity contribution is -0.138. The van der Waals surface area contributed by atoms with Gasteiger partial charge in [0.2, 0.25) is 11.8 Å². The lowest BCUT2D eigenvalue weighted by Crippen LogP contribution is -2.53. The monoisotopic (exact) mass is 381 g/mol. The highest BCUT2D eigenvalue weighted by Gasteiger charge is 2.43. The Bertz CT molecular complexity index is 624. The summed E-state index contributed by atoms with van der Waals surface area (Å²) in [5, 5.41) is 6.27. The number of carbonyl (C=O) groups excluding carboxylic acids is 2. The highest BCUT2D eigenvalue weighted by atomic mass is 35.5. The molecule has 3 rings (SSSR count). The maximum absolute atomic E-state index is 12.9. The number of hydrogen-bond acceptors (Lipinski definition) is 4. The molecule has 7 heteroatoms. The number of halogens is 1. The summed E-state index contributed by atoms with van der Waals surface area (Å²) in [6, 6.07) is 7.46. The summed E-state index contributed by atoms with van der Waals surface area (Å²) in [4.78, 5) is 27.4. The molecule has 6 nitrogen and oxygen atoms in total. The van der Waals surface area contributed by atoms with Crippen molar-refractivity contribution in [3.05, 3.63) is 29.8 Å². The maximum Gasteiger partial charge on any atom is 0.249 e. The summed E-state index contributed by atoms with van der Waals surface area (Å²) in [6.45, 7) is 4.64. The molecule has 0 saturated carbocycles. The number of methoxy groups -OCH3 is 1. The Labute approximate surface area is 161 Å². The molecule has 1 aromatic rings. The third-order valence-electron chi connectivity index (χ3n) is 5.32. The number of benzene rings is 1. The third-order valence-corrected chi connectivity index (χ3v) is 5.32. The van der Waals surface area contributed by atoms with Crippen LogP contribution in [0.25, 0.3) is 0 Å². The van der Waals surface area contributed by atoms with Crippen molar-refractivity contribution in [3.63, 3.8) is 0 Å². The Kier molecular flexibility index (Phi) is 7.03. The molecule has 2 N–H and O–H groups in total. The lowest BCUT2D eigenvalue weighted by Gasteiger charge is -2.36. The van der Waals surface area contributed by atoms with E-state index in [0.29, 0.717) is 19.6 Å². The average Bonchev–Trinajstić information content (AvgIpc) is 2.97. The quantitative estimate of drug-likeness (QED) is 0.813. The van der Waals surface area contributed by atoms with Crippen molar-refractivity contribution in [2.75, 3.05) is 38.3 Å². The number of carbonyl (C=O) groups is 2. The number of ether oxygens (including phenoxy) is 1. The van der Waals surface area contributed by atoms with Crippen molar-refractivity contribution >= 4 is 29.9 Å². The van der Waals surface area contributed by atoms with Crippen molar-refractivity contribution in [3.8, 4) is 0 Å². The van der Waals surface area contributed by atoms with Crippen LogP contribution in [0, 0.1) is 12.3 Å². The van der Waals surface area contributed by atoms with E-state index in [-0.39, 0.29) is 24.2 Å². The van der Waals surface area contributed by atoms with Gasteiger partial charge in [-0.15, -0.1) is 12.4 Å². The minimum Gasteiger partial charge on any atom is -0.384 e. The summed E-state index contributed by atoms with van der Waals surface area (Å²) in [5.74, 6) is -0.0846. The van der Waals surface area contributed by atoms with Gasteiger partial charge in [0, 0.05) is 19.3 Å². The molecule has 0 bridgehead atoms. The average molecular weight is 382 g/mol. The smallest absolute Gasteiger partial charge is 0.249 e. The molecule has 2 fully saturated rings. The first-order chi connectivity index (χ1) is 12.1. The predicted molar refractivity (Wildman–Crippen MR) is 104 cm³/mol. The van der Waals surface area contributed by atoms with Gasteiger partial charge >= 0.3 is 0 Å². The molecule has 2 aliphatic rings. The Morgan fingerprint density at radius 1 is 1.31 bits per heavy atom. The first-order valence-electron chi connectivity index (χ1n) is 8.94. The van der Waals surface area contributed by atoms with Crippen molar-refractivity contribution in [2.45, 2.75) is 32.2 Å². The summed E-state index contributed by atoms with van der Waals surface area (Å²) in [6.07, 6.45) is 2.10. The second-order valence-corrected chi connectivity index (χ2v) is 7.10. The third kappa shape index (κ3) is 4.19. The molecule has 26 heavy (non-hydrogen) atoms. The molecular weight excluding hydrogens is 354 g/mol. The highest BCUT2D eigenvalue weighted by Crippen LogP contribution is 2.30. The van der Waals surface area contributed by atoms with E-state index in [0.717, 1.165) is 37.2 Å². The number of rotatable bonds is 5. The van der Waals surface area contributed by atoms with Crippen LogP contribution in [0.2, 0.25) is 0 Å². The fourth-order valence-electron chi connectivity index (χ4n) is 3.72. The fourth-order valence-corrected chi connectivity index (χ4v) is 3.72. The molecule has 0 radical (unpaired) electrons. The Morgan fingerprint density at radius 2 is 1.96 bits per heavy atom. The summed E-state index contributed by atoms with van der Waals surface area (Å²) >= 11 is 0. The zero-order chi connectivity index (χ0) is 17.9. The standard InChI is InChI=1S/C19H27N3O3.ClH/c1-14-3-5-15(6-4-14)22-12-7-16(17(22)23)21-18(24)19(13-25-2)8-10-20-11-9-19;/h3-6,16,20H,7-13H2,1-2H3,(H,21,24);1H. The van der Waals surface area contributed by atoms with Gasteiger partial charge in [-0.25, -0.2) is 0 Å². The number of hydrogen-bond donors (Lipinski definition) is 2. The Balaban J connectivity index is 0.00000243. The molecule has 0 aromatic heterocycles. The second-order valence-electron chi connectivity index (χ2n) is 7.10. The molecule has 2 heterocycles. The Morgan fingerprint density at radius 3 is 2.58 bits per heavy atom. The summed E-state index contributed by atoms with van der Waals surface area (Å²) in [7, 11) is 1.62. The van der Waals surface area contributed by atoms with Crippen molar-refractivity contribution < 1.29 is 14.3 Å². The van der Waals surface area contributed by atoms with Gasteiger partial charge in [0.1, 0.15) is 6.04 Å². The van der Waals surface area contributed by atoms with Gasteiger partial charge in [0.05, 0.1) is 12.0 Å². The molecule has 1 atom stereocenters. The molecule has 2 saturated heterocycles. The zero-order valence-electron chi connectivity index (χ0n) is 15.4. The molecule has 144 valence electrons. The van der Waals surface area contributed by atoms with Gasteiger partial charge in [-0.2, -0.15) is 0 Å². The molecule has 0 spiro atoms. The van der Waals surface area contributed by atoms with E-state index in [4.69, 9.17) is 4.74 Å². The molecule has 2 amide bonds. The predicted octanol–water partition coefficient (Wildman–Crippen LogP) is 1.65. The normalized spacial score (nSPS) is 22.0. The topological polar surface area (TPSA) is 70.7 Å². The number of anilines is 1. The van der Waals surface area contributed by atoms with Crippen LogP contribution >= 0.6 is 12.4 Å². The fraction of sp³-hybridized carbons (Fsp3) is 0.579. The molecule has 0 aliphatic carbocycles. The van der Waals surface area contributed by atoms with Crippen molar-refractivity contribution in [1.29, 1.82) is 0 Å². The van der Waals surface area contributed by atoms with Gasteiger partial charge in [-0.05, 0) is 51.4 Å². The Hall–Kier alpha value is -1.63. The van der Waals surface area contributed by atoms with Crippen LogP contribution < -0.4 is 15.5 Å². The molecule has 1 aromatic carbocycles. The van der Waals surface area contributed by atoms with Gasteiger partial charge < -0.3 is 20.3 Å². The molecular formula is C19H28ClN3O3. The zero-order valence-corrected chi connectivity index (χ0v) is 16.2. The SMILES string of the molecule is COCC1(C(=O)NC2CCN(c3ccc(C)cc3)C2=O)CCNCC1.Cl. The van der Waals surface area contributed by atoms with E-state index in [1.165, 1.54) is 0 Å². The van der Waals surface area contributed by atoms with Gasteiger partial charge in [0.15, 0.2) is 0 Å². The van der Waals surface area contributed by atoms with Crippen LogP contribution in [0.5, 0.6) is 0 Å². The van der Waals surface area contributed by atoms with E-state index in [2.05, 4.69) is 10.6 Å². The first kappa shape index (κ1) is 20.7. The van der Waals surface area contributed by atoms with Crippen LogP contribution in [-0.4, -0.2) is 51.2 Å². The minimum atomic E-state index is -0.530. The summed E-state index contributed by atoms with van der Waals surface area (Å²) in [5.41, 5.74) is 1.52. The largest absolute Gasteiger partial charge is 0.384 e. The van der Waals surface area contributed by atoms with Crippen LogP contribution in [0.1, 0.15) is 24.8 Å². The van der Waals surface area contributed by atoms with E-state index < -0.39 is 11.5 Å². The number of aryl methyl sites for hydroxylation is 1. The van der Waals surface area contributed by atoms with Crippen LogP contribution in [0.4, 0.5) is 5.69 Å². The number of amides is 2.